The average molecular weight is 396 g/mol. The molecule has 0 bridgehead atoms. The van der Waals surface area contributed by atoms with Crippen molar-refractivity contribution in [3.8, 4) is 0 Å². The molecular weight excluding hydrogens is 380 g/mol. The summed E-state index contributed by atoms with van der Waals surface area (Å²) in [4.78, 5) is 28.8. The number of nitrogens with zero attached hydrogens (tertiary/aromatic N) is 1. The van der Waals surface area contributed by atoms with E-state index in [4.69, 9.17) is 9.15 Å². The summed E-state index contributed by atoms with van der Waals surface area (Å²) in [5.41, 5.74) is 2.97. The Bertz CT molecular complexity index is 1420. The van der Waals surface area contributed by atoms with Gasteiger partial charge in [-0.05, 0) is 36.4 Å². The topological polar surface area (TPSA) is 81.4 Å². The van der Waals surface area contributed by atoms with Crippen LogP contribution in [0, 0.1) is 0 Å². The van der Waals surface area contributed by atoms with Crippen molar-refractivity contribution in [3.05, 3.63) is 84.6 Å². The molecule has 0 atom stereocenters. The fraction of sp³-hybridized carbons (Fsp3) is 0.0417. The van der Waals surface area contributed by atoms with Gasteiger partial charge in [-0.15, -0.1) is 0 Å². The molecule has 0 saturated carbocycles. The van der Waals surface area contributed by atoms with Crippen molar-refractivity contribution in [1.82, 2.24) is 4.98 Å². The number of hydrogen-bond acceptors (Lipinski definition) is 5. The van der Waals surface area contributed by atoms with E-state index in [-0.39, 0.29) is 5.69 Å². The van der Waals surface area contributed by atoms with Gasteiger partial charge in [0, 0.05) is 21.8 Å². The van der Waals surface area contributed by atoms with Crippen LogP contribution in [-0.4, -0.2) is 23.5 Å². The Morgan fingerprint density at radius 2 is 1.67 bits per heavy atom. The minimum atomic E-state index is -0.646. The molecule has 0 aliphatic heterocycles. The van der Waals surface area contributed by atoms with Crippen LogP contribution in [0.15, 0.2) is 83.3 Å². The summed E-state index contributed by atoms with van der Waals surface area (Å²) in [6, 6.07) is 23.9. The molecule has 0 radical (unpaired) electrons. The first-order valence-corrected chi connectivity index (χ1v) is 9.41. The second kappa shape index (κ2) is 7.33. The molecule has 1 amide bonds. The van der Waals surface area contributed by atoms with Crippen LogP contribution in [0.1, 0.15) is 10.5 Å². The molecule has 5 rings (SSSR count). The third kappa shape index (κ3) is 3.35. The molecule has 0 unspecified atom stereocenters. The highest BCUT2D eigenvalue weighted by Gasteiger charge is 2.13. The van der Waals surface area contributed by atoms with Crippen molar-refractivity contribution in [3.63, 3.8) is 0 Å². The molecule has 146 valence electrons. The molecule has 0 spiro atoms. The minimum Gasteiger partial charge on any atom is -0.456 e. The van der Waals surface area contributed by atoms with Crippen LogP contribution in [-0.2, 0) is 9.53 Å². The SMILES string of the molecule is O=C(COC(=O)c1ccc2ccccc2n1)Nc1ccc2oc3ccccc3c2c1. The maximum absolute atomic E-state index is 12.3. The molecule has 6 heteroatoms. The minimum absolute atomic E-state index is 0.160. The first-order valence-electron chi connectivity index (χ1n) is 9.41. The van der Waals surface area contributed by atoms with Gasteiger partial charge in [0.05, 0.1) is 5.52 Å². The van der Waals surface area contributed by atoms with Gasteiger partial charge >= 0.3 is 5.97 Å². The van der Waals surface area contributed by atoms with E-state index in [9.17, 15) is 9.59 Å². The zero-order valence-corrected chi connectivity index (χ0v) is 15.8. The Morgan fingerprint density at radius 1 is 0.867 bits per heavy atom. The summed E-state index contributed by atoms with van der Waals surface area (Å²) >= 11 is 0. The number of fused-ring (bicyclic) bond motifs is 4. The number of aromatic nitrogens is 1. The first kappa shape index (κ1) is 17.9. The summed E-state index contributed by atoms with van der Waals surface area (Å²) < 4.78 is 10.9. The molecule has 3 aromatic carbocycles. The van der Waals surface area contributed by atoms with Crippen molar-refractivity contribution in [2.75, 3.05) is 11.9 Å². The highest BCUT2D eigenvalue weighted by Crippen LogP contribution is 2.30. The molecule has 6 nitrogen and oxygen atoms in total. The first-order chi connectivity index (χ1) is 14.7. The number of amides is 1. The Hall–Kier alpha value is -4.19. The molecule has 1 N–H and O–H groups in total. The number of esters is 1. The molecule has 0 aliphatic carbocycles. The second-order valence-corrected chi connectivity index (χ2v) is 6.82. The Labute approximate surface area is 171 Å². The zero-order valence-electron chi connectivity index (χ0n) is 15.8. The fourth-order valence-corrected chi connectivity index (χ4v) is 3.39. The van der Waals surface area contributed by atoms with Crippen molar-refractivity contribution in [2.45, 2.75) is 0 Å². The van der Waals surface area contributed by atoms with Gasteiger partial charge in [-0.2, -0.15) is 0 Å². The van der Waals surface area contributed by atoms with E-state index in [1.54, 1.807) is 24.3 Å². The van der Waals surface area contributed by atoms with Gasteiger partial charge in [0.15, 0.2) is 6.61 Å². The predicted molar refractivity (Wildman–Crippen MR) is 114 cm³/mol. The van der Waals surface area contributed by atoms with Crippen LogP contribution >= 0.6 is 0 Å². The molecule has 0 aliphatic rings. The van der Waals surface area contributed by atoms with E-state index >= 15 is 0 Å². The maximum atomic E-state index is 12.3. The summed E-state index contributed by atoms with van der Waals surface area (Å²) in [5, 5.41) is 5.55. The van der Waals surface area contributed by atoms with Gasteiger partial charge in [-0.25, -0.2) is 9.78 Å². The van der Waals surface area contributed by atoms with Gasteiger partial charge in [0.1, 0.15) is 16.9 Å². The molecule has 5 aromatic rings. The normalized spacial score (nSPS) is 11.1. The van der Waals surface area contributed by atoms with E-state index < -0.39 is 18.5 Å². The lowest BCUT2D eigenvalue weighted by atomic mass is 10.1. The molecular formula is C24H16N2O4. The third-order valence-corrected chi connectivity index (χ3v) is 4.80. The highest BCUT2D eigenvalue weighted by atomic mass is 16.5. The lowest BCUT2D eigenvalue weighted by Gasteiger charge is -2.07. The number of furan rings is 1. The molecule has 2 aromatic heterocycles. The molecule has 30 heavy (non-hydrogen) atoms. The number of hydrogen-bond donors (Lipinski definition) is 1. The van der Waals surface area contributed by atoms with Gasteiger partial charge < -0.3 is 14.5 Å². The number of benzene rings is 3. The Kier molecular flexibility index (Phi) is 4.37. The largest absolute Gasteiger partial charge is 0.456 e. The van der Waals surface area contributed by atoms with Gasteiger partial charge in [-0.1, -0.05) is 42.5 Å². The van der Waals surface area contributed by atoms with Crippen LogP contribution in [0.2, 0.25) is 0 Å². The maximum Gasteiger partial charge on any atom is 0.357 e. The lowest BCUT2D eigenvalue weighted by Crippen LogP contribution is -2.21. The van der Waals surface area contributed by atoms with Crippen LogP contribution in [0.4, 0.5) is 5.69 Å². The van der Waals surface area contributed by atoms with Gasteiger partial charge in [0.2, 0.25) is 0 Å². The summed E-state index contributed by atoms with van der Waals surface area (Å²) in [6.07, 6.45) is 0. The standard InChI is InChI=1S/C24H16N2O4/c27-23(14-29-24(28)20-11-9-15-5-1-3-7-19(15)26-20)25-16-10-12-22-18(13-16)17-6-2-4-8-21(17)30-22/h1-13H,14H2,(H,25,27). The zero-order chi connectivity index (χ0) is 20.5. The van der Waals surface area contributed by atoms with Crippen molar-refractivity contribution in [2.24, 2.45) is 0 Å². The van der Waals surface area contributed by atoms with Gasteiger partial charge in [0.25, 0.3) is 5.91 Å². The van der Waals surface area contributed by atoms with Crippen molar-refractivity contribution in [1.29, 1.82) is 0 Å². The number of ether oxygens (including phenoxy) is 1. The number of carbonyl (C=O) groups is 2. The smallest absolute Gasteiger partial charge is 0.357 e. The van der Waals surface area contributed by atoms with Crippen molar-refractivity contribution < 1.29 is 18.7 Å². The van der Waals surface area contributed by atoms with Crippen LogP contribution in [0.5, 0.6) is 0 Å². The fourth-order valence-electron chi connectivity index (χ4n) is 3.39. The van der Waals surface area contributed by atoms with E-state index in [2.05, 4.69) is 10.3 Å². The van der Waals surface area contributed by atoms with E-state index in [0.717, 1.165) is 27.3 Å². The molecule has 0 fully saturated rings. The summed E-state index contributed by atoms with van der Waals surface area (Å²) in [7, 11) is 0. The van der Waals surface area contributed by atoms with Crippen LogP contribution < -0.4 is 5.32 Å². The highest BCUT2D eigenvalue weighted by molar-refractivity contribution is 6.07. The average Bonchev–Trinajstić information content (AvgIpc) is 3.15. The van der Waals surface area contributed by atoms with Gasteiger partial charge in [-0.3, -0.25) is 4.79 Å². The number of para-hydroxylation sites is 2. The number of pyridine rings is 1. The number of rotatable bonds is 4. The van der Waals surface area contributed by atoms with Crippen molar-refractivity contribution >= 4 is 50.4 Å². The number of carbonyl (C=O) groups excluding carboxylic acids is 2. The van der Waals surface area contributed by atoms with E-state index in [1.807, 2.05) is 54.6 Å². The monoisotopic (exact) mass is 396 g/mol. The molecule has 2 heterocycles. The predicted octanol–water partition coefficient (Wildman–Crippen LogP) is 4.93. The summed E-state index contributed by atoms with van der Waals surface area (Å²) in [5.74, 6) is -1.08. The quantitative estimate of drug-likeness (QED) is 0.436. The molecule has 0 saturated heterocycles. The number of nitrogens with one attached hydrogen (secondary N) is 1. The van der Waals surface area contributed by atoms with E-state index in [1.165, 1.54) is 0 Å². The second-order valence-electron chi connectivity index (χ2n) is 6.82. The van der Waals surface area contributed by atoms with Crippen LogP contribution in [0.25, 0.3) is 32.8 Å². The number of anilines is 1. The summed E-state index contributed by atoms with van der Waals surface area (Å²) in [6.45, 7) is -0.405. The Morgan fingerprint density at radius 3 is 2.60 bits per heavy atom. The van der Waals surface area contributed by atoms with Crippen LogP contribution in [0.3, 0.4) is 0 Å². The van der Waals surface area contributed by atoms with E-state index in [0.29, 0.717) is 11.2 Å². The third-order valence-electron chi connectivity index (χ3n) is 4.80. The lowest BCUT2D eigenvalue weighted by molar-refractivity contribution is -0.119. The Balaban J connectivity index is 1.27.